The van der Waals surface area contributed by atoms with Crippen molar-refractivity contribution in [1.29, 1.82) is 0 Å². The van der Waals surface area contributed by atoms with E-state index in [1.54, 1.807) is 36.4 Å². The van der Waals surface area contributed by atoms with Crippen LogP contribution in [0.25, 0.3) is 21.3 Å². The highest BCUT2D eigenvalue weighted by atomic mass is 32.1. The molecule has 0 radical (unpaired) electrons. The van der Waals surface area contributed by atoms with Crippen LogP contribution in [0.4, 0.5) is 4.39 Å². The van der Waals surface area contributed by atoms with E-state index >= 15 is 0 Å². The molecule has 0 bridgehead atoms. The highest BCUT2D eigenvalue weighted by Gasteiger charge is 2.16. The van der Waals surface area contributed by atoms with Crippen molar-refractivity contribution < 1.29 is 23.9 Å². The minimum Gasteiger partial charge on any atom is -0.493 e. The molecule has 0 aliphatic carbocycles. The highest BCUT2D eigenvalue weighted by Crippen LogP contribution is 2.34. The molecule has 0 atom stereocenters. The van der Waals surface area contributed by atoms with Crippen molar-refractivity contribution in [3.8, 4) is 22.8 Å². The smallest absolute Gasteiger partial charge is 0.163 e. The second kappa shape index (κ2) is 9.79. The van der Waals surface area contributed by atoms with E-state index in [2.05, 4.69) is 10.1 Å². The number of Topliss-reactive ketones (excluding diaryl/α,β-unsaturated/α-hetero) is 1. The lowest BCUT2D eigenvalue weighted by molar-refractivity contribution is 0.0984. The van der Waals surface area contributed by atoms with Crippen molar-refractivity contribution in [3.63, 3.8) is 0 Å². The summed E-state index contributed by atoms with van der Waals surface area (Å²) in [5, 5.41) is 15.6. The molecule has 4 aromatic rings. The number of fused-ring (bicyclic) bond motifs is 1. The number of ketones is 1. The van der Waals surface area contributed by atoms with Crippen molar-refractivity contribution in [1.82, 2.24) is 4.98 Å². The van der Waals surface area contributed by atoms with Crippen LogP contribution in [0.1, 0.15) is 28.9 Å². The van der Waals surface area contributed by atoms with Crippen LogP contribution in [0.15, 0.2) is 65.1 Å². The number of halogens is 1. The molecule has 6 nitrogen and oxygen atoms in total. The van der Waals surface area contributed by atoms with E-state index in [9.17, 15) is 14.4 Å². The van der Waals surface area contributed by atoms with E-state index in [0.29, 0.717) is 33.2 Å². The number of benzene rings is 2. The highest BCUT2D eigenvalue weighted by molar-refractivity contribution is 7.17. The maximum atomic E-state index is 14.1. The van der Waals surface area contributed by atoms with Crippen LogP contribution in [0.3, 0.4) is 0 Å². The van der Waals surface area contributed by atoms with E-state index in [1.165, 1.54) is 31.6 Å². The SMILES string of the molecule is COc1ccc(C(=O)CC/C(=N/O)c2cccc(-c3csc4c(F)cccc34)n2)cc1OC. The molecule has 4 rings (SSSR count). The summed E-state index contributed by atoms with van der Waals surface area (Å²) < 4.78 is 25.1. The van der Waals surface area contributed by atoms with E-state index in [1.807, 2.05) is 17.5 Å². The van der Waals surface area contributed by atoms with Gasteiger partial charge in [-0.05, 0) is 36.4 Å². The quantitative estimate of drug-likeness (QED) is 0.151. The average molecular weight is 465 g/mol. The summed E-state index contributed by atoms with van der Waals surface area (Å²) in [6.45, 7) is 0. The Morgan fingerprint density at radius 3 is 2.61 bits per heavy atom. The van der Waals surface area contributed by atoms with Gasteiger partial charge in [0.2, 0.25) is 0 Å². The zero-order valence-electron chi connectivity index (χ0n) is 18.0. The van der Waals surface area contributed by atoms with Gasteiger partial charge in [-0.2, -0.15) is 0 Å². The Balaban J connectivity index is 1.54. The molecule has 2 aromatic carbocycles. The summed E-state index contributed by atoms with van der Waals surface area (Å²) in [6, 6.07) is 15.2. The summed E-state index contributed by atoms with van der Waals surface area (Å²) in [5.41, 5.74) is 2.65. The number of hydrogen-bond donors (Lipinski definition) is 1. The molecule has 2 heterocycles. The maximum absolute atomic E-state index is 14.1. The van der Waals surface area contributed by atoms with E-state index in [4.69, 9.17) is 9.47 Å². The van der Waals surface area contributed by atoms with Gasteiger partial charge in [-0.1, -0.05) is 23.4 Å². The Morgan fingerprint density at radius 2 is 1.85 bits per heavy atom. The lowest BCUT2D eigenvalue weighted by atomic mass is 10.0. The number of oxime groups is 1. The Bertz CT molecular complexity index is 1350. The van der Waals surface area contributed by atoms with Gasteiger partial charge in [0.1, 0.15) is 11.5 Å². The summed E-state index contributed by atoms with van der Waals surface area (Å²) in [7, 11) is 3.03. The van der Waals surface area contributed by atoms with Crippen LogP contribution in [0.5, 0.6) is 11.5 Å². The molecule has 168 valence electrons. The van der Waals surface area contributed by atoms with E-state index in [-0.39, 0.29) is 30.2 Å². The van der Waals surface area contributed by atoms with Crippen LogP contribution >= 0.6 is 11.3 Å². The van der Waals surface area contributed by atoms with Gasteiger partial charge in [-0.15, -0.1) is 11.3 Å². The van der Waals surface area contributed by atoms with Crippen LogP contribution in [0, 0.1) is 5.82 Å². The third kappa shape index (κ3) is 4.56. The van der Waals surface area contributed by atoms with Crippen molar-refractivity contribution >= 4 is 32.9 Å². The fourth-order valence-corrected chi connectivity index (χ4v) is 4.55. The van der Waals surface area contributed by atoms with Crippen molar-refractivity contribution in [2.24, 2.45) is 5.16 Å². The van der Waals surface area contributed by atoms with E-state index in [0.717, 1.165) is 10.9 Å². The Hall–Kier alpha value is -3.78. The third-order valence-electron chi connectivity index (χ3n) is 5.29. The molecule has 0 amide bonds. The number of methoxy groups -OCH3 is 2. The van der Waals surface area contributed by atoms with E-state index < -0.39 is 0 Å². The summed E-state index contributed by atoms with van der Waals surface area (Å²) in [4.78, 5) is 17.3. The maximum Gasteiger partial charge on any atom is 0.163 e. The first-order valence-corrected chi connectivity index (χ1v) is 11.0. The number of hydrogen-bond acceptors (Lipinski definition) is 7. The molecule has 0 aliphatic heterocycles. The first kappa shape index (κ1) is 22.4. The second-order valence-corrected chi connectivity index (χ2v) is 8.09. The molecule has 0 saturated heterocycles. The number of carbonyl (C=O) groups excluding carboxylic acids is 1. The van der Waals surface area contributed by atoms with Gasteiger partial charge in [0, 0.05) is 34.7 Å². The molecule has 0 saturated carbocycles. The van der Waals surface area contributed by atoms with Crippen LogP contribution in [-0.4, -0.2) is 35.9 Å². The zero-order chi connectivity index (χ0) is 23.4. The second-order valence-electron chi connectivity index (χ2n) is 7.21. The Morgan fingerprint density at radius 1 is 1.06 bits per heavy atom. The topological polar surface area (TPSA) is 81.0 Å². The summed E-state index contributed by atoms with van der Waals surface area (Å²) in [6.07, 6.45) is 0.312. The van der Waals surface area contributed by atoms with Crippen LogP contribution < -0.4 is 9.47 Å². The van der Waals surface area contributed by atoms with Gasteiger partial charge in [-0.25, -0.2) is 9.37 Å². The number of aromatic nitrogens is 1. The van der Waals surface area contributed by atoms with Gasteiger partial charge in [0.15, 0.2) is 17.3 Å². The van der Waals surface area contributed by atoms with Crippen molar-refractivity contribution in [3.05, 3.63) is 77.1 Å². The standard InChI is InChI=1S/C25H21FN2O4S/c1-31-23-12-9-15(13-24(23)32-2)22(29)11-10-21(28-30)20-8-4-7-19(27-20)17-14-33-25-16(17)5-3-6-18(25)26/h3-9,12-14,30H,10-11H2,1-2H3/b28-21-. The number of nitrogens with zero attached hydrogens (tertiary/aromatic N) is 2. The minimum absolute atomic E-state index is 0.118. The largest absolute Gasteiger partial charge is 0.493 e. The fourth-order valence-electron chi connectivity index (χ4n) is 3.58. The number of thiophene rings is 1. The molecule has 33 heavy (non-hydrogen) atoms. The fraction of sp³-hybridized carbons (Fsp3) is 0.160. The van der Waals surface area contributed by atoms with Crippen LogP contribution in [0.2, 0.25) is 0 Å². The van der Waals surface area contributed by atoms with Crippen LogP contribution in [-0.2, 0) is 0 Å². The normalized spacial score (nSPS) is 11.5. The number of rotatable bonds is 8. The average Bonchev–Trinajstić information content (AvgIpc) is 3.29. The first-order chi connectivity index (χ1) is 16.0. The zero-order valence-corrected chi connectivity index (χ0v) is 18.9. The molecule has 0 fully saturated rings. The third-order valence-corrected chi connectivity index (χ3v) is 6.29. The minimum atomic E-state index is -0.272. The molecule has 8 heteroatoms. The number of pyridine rings is 1. The predicted molar refractivity (Wildman–Crippen MR) is 126 cm³/mol. The summed E-state index contributed by atoms with van der Waals surface area (Å²) >= 11 is 1.31. The predicted octanol–water partition coefficient (Wildman–Crippen LogP) is 5.96. The molecule has 2 aromatic heterocycles. The molecule has 0 spiro atoms. The van der Waals surface area contributed by atoms with Gasteiger partial charge >= 0.3 is 0 Å². The van der Waals surface area contributed by atoms with Gasteiger partial charge in [0.05, 0.1) is 30.3 Å². The van der Waals surface area contributed by atoms with Gasteiger partial charge in [-0.3, -0.25) is 4.79 Å². The Labute approximate surface area is 193 Å². The molecule has 0 unspecified atom stereocenters. The number of carbonyl (C=O) groups is 1. The van der Waals surface area contributed by atoms with Gasteiger partial charge in [0.25, 0.3) is 0 Å². The first-order valence-electron chi connectivity index (χ1n) is 10.2. The lowest BCUT2D eigenvalue weighted by Gasteiger charge is -2.09. The molecule has 0 aliphatic rings. The molecular formula is C25H21FN2O4S. The monoisotopic (exact) mass is 464 g/mol. The molecular weight excluding hydrogens is 443 g/mol. The van der Waals surface area contributed by atoms with Crippen molar-refractivity contribution in [2.45, 2.75) is 12.8 Å². The number of ether oxygens (including phenoxy) is 2. The van der Waals surface area contributed by atoms with Gasteiger partial charge < -0.3 is 14.7 Å². The molecule has 1 N–H and O–H groups in total. The summed E-state index contributed by atoms with van der Waals surface area (Å²) in [5.74, 6) is 0.598. The Kier molecular flexibility index (Phi) is 6.65. The lowest BCUT2D eigenvalue weighted by Crippen LogP contribution is -2.09. The van der Waals surface area contributed by atoms with Crippen molar-refractivity contribution in [2.75, 3.05) is 14.2 Å².